The molecule has 4 heteroatoms. The van der Waals surface area contributed by atoms with E-state index in [2.05, 4.69) is 35.2 Å². The maximum Gasteiger partial charge on any atom is 0.126 e. The van der Waals surface area contributed by atoms with E-state index in [9.17, 15) is 4.39 Å². The molecule has 2 aromatic rings. The predicted octanol–water partition coefficient (Wildman–Crippen LogP) is 5.52. The van der Waals surface area contributed by atoms with Crippen molar-refractivity contribution in [1.29, 1.82) is 0 Å². The monoisotopic (exact) mass is 421 g/mol. The molecule has 0 saturated carbocycles. The number of piperidine rings is 1. The molecule has 0 aliphatic carbocycles. The van der Waals surface area contributed by atoms with E-state index in [-0.39, 0.29) is 22.8 Å². The van der Waals surface area contributed by atoms with E-state index < -0.39 is 0 Å². The van der Waals surface area contributed by atoms with Gasteiger partial charge in [0.05, 0.1) is 6.61 Å². The molecular formula is C22H29BrFNO. The normalized spacial score (nSPS) is 15.4. The van der Waals surface area contributed by atoms with Gasteiger partial charge in [0.15, 0.2) is 0 Å². The van der Waals surface area contributed by atoms with Gasteiger partial charge in [-0.1, -0.05) is 36.4 Å². The van der Waals surface area contributed by atoms with E-state index in [1.807, 2.05) is 0 Å². The second-order valence-corrected chi connectivity index (χ2v) is 6.99. The molecule has 1 fully saturated rings. The smallest absolute Gasteiger partial charge is 0.126 e. The first-order valence-corrected chi connectivity index (χ1v) is 9.44. The van der Waals surface area contributed by atoms with Gasteiger partial charge in [-0.15, -0.1) is 17.0 Å². The standard InChI is InChI=1S/C22H28FNO.BrH/c23-21-9-6-10-22(18-21)25-16-5-4-13-24-14-11-20(12-15-24)17-19-7-2-1-3-8-19;/h1-3,6-10,18,20H,4-5,11-17H2;1H. The fourth-order valence-corrected chi connectivity index (χ4v) is 3.55. The van der Waals surface area contributed by atoms with Crippen molar-refractivity contribution >= 4 is 17.0 Å². The van der Waals surface area contributed by atoms with Crippen LogP contribution in [0.1, 0.15) is 31.2 Å². The number of likely N-dealkylation sites (tertiary alicyclic amines) is 1. The fraction of sp³-hybridized carbons (Fsp3) is 0.455. The molecule has 0 atom stereocenters. The topological polar surface area (TPSA) is 12.5 Å². The lowest BCUT2D eigenvalue weighted by atomic mass is 9.90. The van der Waals surface area contributed by atoms with Crippen LogP contribution in [-0.2, 0) is 6.42 Å². The van der Waals surface area contributed by atoms with Crippen molar-refractivity contribution in [2.45, 2.75) is 32.1 Å². The van der Waals surface area contributed by atoms with Crippen molar-refractivity contribution in [2.75, 3.05) is 26.2 Å². The Kier molecular flexibility index (Phi) is 9.13. The summed E-state index contributed by atoms with van der Waals surface area (Å²) in [6.45, 7) is 4.23. The molecule has 2 aromatic carbocycles. The van der Waals surface area contributed by atoms with Gasteiger partial charge >= 0.3 is 0 Å². The maximum atomic E-state index is 13.1. The second kappa shape index (κ2) is 11.3. The number of hydrogen-bond donors (Lipinski definition) is 0. The Morgan fingerprint density at radius 1 is 0.962 bits per heavy atom. The zero-order valence-corrected chi connectivity index (χ0v) is 17.0. The van der Waals surface area contributed by atoms with Crippen LogP contribution in [0.5, 0.6) is 5.75 Å². The average molecular weight is 422 g/mol. The van der Waals surface area contributed by atoms with E-state index in [1.54, 1.807) is 12.1 Å². The van der Waals surface area contributed by atoms with E-state index in [4.69, 9.17) is 4.74 Å². The third-order valence-electron chi connectivity index (χ3n) is 5.01. The summed E-state index contributed by atoms with van der Waals surface area (Å²) in [6, 6.07) is 17.2. The number of halogens is 2. The molecule has 2 nitrogen and oxygen atoms in total. The minimum absolute atomic E-state index is 0. The van der Waals surface area contributed by atoms with E-state index >= 15 is 0 Å². The number of rotatable bonds is 8. The van der Waals surface area contributed by atoms with E-state index in [1.165, 1.54) is 50.0 Å². The Labute approximate surface area is 167 Å². The van der Waals surface area contributed by atoms with Crippen LogP contribution in [0.15, 0.2) is 54.6 Å². The summed E-state index contributed by atoms with van der Waals surface area (Å²) in [7, 11) is 0. The summed E-state index contributed by atoms with van der Waals surface area (Å²) < 4.78 is 18.7. The molecule has 26 heavy (non-hydrogen) atoms. The highest BCUT2D eigenvalue weighted by Crippen LogP contribution is 2.22. The van der Waals surface area contributed by atoms with Gasteiger partial charge in [0.1, 0.15) is 11.6 Å². The molecule has 1 heterocycles. The SMILES string of the molecule is Br.Fc1cccc(OCCCCN2CCC(Cc3ccccc3)CC2)c1. The molecule has 0 bridgehead atoms. The average Bonchev–Trinajstić information content (AvgIpc) is 2.64. The third-order valence-corrected chi connectivity index (χ3v) is 5.01. The second-order valence-electron chi connectivity index (χ2n) is 6.99. The highest BCUT2D eigenvalue weighted by Gasteiger charge is 2.18. The first-order valence-electron chi connectivity index (χ1n) is 9.44. The lowest BCUT2D eigenvalue weighted by molar-refractivity contribution is 0.177. The summed E-state index contributed by atoms with van der Waals surface area (Å²) in [5.74, 6) is 1.22. The molecule has 1 saturated heterocycles. The first kappa shape index (κ1) is 20.9. The zero-order valence-electron chi connectivity index (χ0n) is 15.3. The largest absolute Gasteiger partial charge is 0.493 e. The molecule has 3 rings (SSSR count). The molecule has 0 N–H and O–H groups in total. The molecular weight excluding hydrogens is 393 g/mol. The van der Waals surface area contributed by atoms with E-state index in [0.29, 0.717) is 12.4 Å². The van der Waals surface area contributed by atoms with Crippen LogP contribution < -0.4 is 4.74 Å². The number of hydrogen-bond acceptors (Lipinski definition) is 2. The third kappa shape index (κ3) is 7.08. The highest BCUT2D eigenvalue weighted by atomic mass is 79.9. The molecule has 0 amide bonds. The van der Waals surface area contributed by atoms with Gasteiger partial charge < -0.3 is 9.64 Å². The lowest BCUT2D eigenvalue weighted by Gasteiger charge is -2.32. The Hall–Kier alpha value is -1.39. The van der Waals surface area contributed by atoms with Gasteiger partial charge in [0.2, 0.25) is 0 Å². The van der Waals surface area contributed by atoms with Crippen LogP contribution in [0.2, 0.25) is 0 Å². The Balaban J connectivity index is 0.00000243. The Morgan fingerprint density at radius 3 is 2.46 bits per heavy atom. The zero-order chi connectivity index (χ0) is 17.3. The molecule has 1 aliphatic heterocycles. The lowest BCUT2D eigenvalue weighted by Crippen LogP contribution is -2.35. The number of ether oxygens (including phenoxy) is 1. The van der Waals surface area contributed by atoms with Crippen molar-refractivity contribution in [3.8, 4) is 5.75 Å². The summed E-state index contributed by atoms with van der Waals surface area (Å²) in [5.41, 5.74) is 1.47. The minimum atomic E-state index is -0.240. The van der Waals surface area contributed by atoms with Crippen LogP contribution >= 0.6 is 17.0 Å². The minimum Gasteiger partial charge on any atom is -0.493 e. The summed E-state index contributed by atoms with van der Waals surface area (Å²) in [5, 5.41) is 0. The highest BCUT2D eigenvalue weighted by molar-refractivity contribution is 8.93. The molecule has 1 aliphatic rings. The summed E-state index contributed by atoms with van der Waals surface area (Å²) in [4.78, 5) is 2.57. The van der Waals surface area contributed by atoms with Crippen LogP contribution in [-0.4, -0.2) is 31.1 Å². The number of unbranched alkanes of at least 4 members (excludes halogenated alkanes) is 1. The molecule has 0 radical (unpaired) electrons. The van der Waals surface area contributed by atoms with Crippen molar-refractivity contribution in [3.63, 3.8) is 0 Å². The van der Waals surface area contributed by atoms with Crippen LogP contribution in [0.25, 0.3) is 0 Å². The van der Waals surface area contributed by atoms with E-state index in [0.717, 1.165) is 25.3 Å². The molecule has 0 spiro atoms. The first-order chi connectivity index (χ1) is 12.3. The van der Waals surface area contributed by atoms with Gasteiger partial charge in [-0.2, -0.15) is 0 Å². The molecule has 0 aromatic heterocycles. The van der Waals surface area contributed by atoms with Gasteiger partial charge in [0, 0.05) is 6.07 Å². The van der Waals surface area contributed by atoms with Crippen LogP contribution in [0, 0.1) is 11.7 Å². The number of benzene rings is 2. The molecule has 142 valence electrons. The van der Waals surface area contributed by atoms with Gasteiger partial charge in [0.25, 0.3) is 0 Å². The predicted molar refractivity (Wildman–Crippen MR) is 111 cm³/mol. The van der Waals surface area contributed by atoms with Crippen molar-refractivity contribution in [1.82, 2.24) is 4.90 Å². The van der Waals surface area contributed by atoms with Crippen LogP contribution in [0.4, 0.5) is 4.39 Å². The van der Waals surface area contributed by atoms with Gasteiger partial charge in [-0.05, 0) is 75.4 Å². The maximum absolute atomic E-state index is 13.1. The fourth-order valence-electron chi connectivity index (χ4n) is 3.55. The van der Waals surface area contributed by atoms with Crippen LogP contribution in [0.3, 0.4) is 0 Å². The summed E-state index contributed by atoms with van der Waals surface area (Å²) >= 11 is 0. The van der Waals surface area contributed by atoms with Gasteiger partial charge in [-0.25, -0.2) is 4.39 Å². The Bertz CT molecular complexity index is 629. The van der Waals surface area contributed by atoms with Gasteiger partial charge in [-0.3, -0.25) is 0 Å². The van der Waals surface area contributed by atoms with Crippen molar-refractivity contribution < 1.29 is 9.13 Å². The van der Waals surface area contributed by atoms with Crippen molar-refractivity contribution in [2.24, 2.45) is 5.92 Å². The summed E-state index contributed by atoms with van der Waals surface area (Å²) in [6.07, 6.45) is 5.97. The Morgan fingerprint density at radius 2 is 1.73 bits per heavy atom. The number of nitrogens with zero attached hydrogens (tertiary/aromatic N) is 1. The van der Waals surface area contributed by atoms with Crippen molar-refractivity contribution in [3.05, 3.63) is 66.0 Å². The molecule has 0 unspecified atom stereocenters. The quantitative estimate of drug-likeness (QED) is 0.520.